The zero-order valence-electron chi connectivity index (χ0n) is 9.71. The second-order valence-corrected chi connectivity index (χ2v) is 5.15. The van der Waals surface area contributed by atoms with Crippen LogP contribution in [0.2, 0.25) is 0 Å². The fourth-order valence-electron chi connectivity index (χ4n) is 1.73. The lowest BCUT2D eigenvalue weighted by atomic mass is 10.0. The van der Waals surface area contributed by atoms with Gasteiger partial charge in [-0.05, 0) is 18.9 Å². The maximum Gasteiger partial charge on any atom is 0.112 e. The van der Waals surface area contributed by atoms with E-state index in [1.807, 2.05) is 42.6 Å². The molecule has 0 radical (unpaired) electrons. The van der Waals surface area contributed by atoms with Gasteiger partial charge in [0.15, 0.2) is 0 Å². The van der Waals surface area contributed by atoms with Gasteiger partial charge in [-0.2, -0.15) is 0 Å². The normalized spacial score (nSPS) is 14.5. The lowest BCUT2D eigenvalue weighted by Gasteiger charge is -2.17. The summed E-state index contributed by atoms with van der Waals surface area (Å²) < 4.78 is 0. The van der Waals surface area contributed by atoms with Gasteiger partial charge in [0.25, 0.3) is 0 Å². The number of aromatic nitrogens is 1. The first kappa shape index (κ1) is 12.2. The summed E-state index contributed by atoms with van der Waals surface area (Å²) in [6, 6.07) is 9.62. The molecule has 0 aliphatic rings. The Morgan fingerprint density at radius 3 is 2.65 bits per heavy atom. The van der Waals surface area contributed by atoms with Crippen LogP contribution in [0.5, 0.6) is 0 Å². The summed E-state index contributed by atoms with van der Waals surface area (Å²) in [5, 5.41) is 12.9. The number of nitrogens with two attached hydrogens (primary N) is 1. The van der Waals surface area contributed by atoms with Gasteiger partial charge in [-0.3, -0.25) is 0 Å². The summed E-state index contributed by atoms with van der Waals surface area (Å²) >= 11 is 1.53. The van der Waals surface area contributed by atoms with Crippen molar-refractivity contribution >= 4 is 11.3 Å². The van der Waals surface area contributed by atoms with Crippen molar-refractivity contribution in [1.29, 1.82) is 0 Å². The second kappa shape index (κ2) is 5.40. The number of rotatable bonds is 4. The number of aliphatic hydroxyl groups excluding tert-OH is 1. The minimum atomic E-state index is -0.694. The van der Waals surface area contributed by atoms with Gasteiger partial charge in [-0.25, -0.2) is 4.98 Å². The van der Waals surface area contributed by atoms with Gasteiger partial charge in [-0.15, -0.1) is 11.3 Å². The van der Waals surface area contributed by atoms with Gasteiger partial charge in [0, 0.05) is 11.4 Å². The van der Waals surface area contributed by atoms with E-state index in [1.54, 1.807) is 0 Å². The Morgan fingerprint density at radius 2 is 2.06 bits per heavy atom. The van der Waals surface area contributed by atoms with E-state index in [-0.39, 0.29) is 6.04 Å². The Bertz CT molecular complexity index is 469. The molecule has 0 aliphatic heterocycles. The molecule has 0 bridgehead atoms. The van der Waals surface area contributed by atoms with Crippen LogP contribution in [-0.2, 0) is 6.42 Å². The van der Waals surface area contributed by atoms with E-state index >= 15 is 0 Å². The summed E-state index contributed by atoms with van der Waals surface area (Å²) in [6.45, 7) is 1.92. The number of nitrogens with zero attached hydrogens (tertiary/aromatic N) is 1. The van der Waals surface area contributed by atoms with Gasteiger partial charge in [0.1, 0.15) is 6.10 Å². The summed E-state index contributed by atoms with van der Waals surface area (Å²) in [4.78, 5) is 4.26. The quantitative estimate of drug-likeness (QED) is 0.870. The fraction of sp³-hybridized carbons (Fsp3) is 0.308. The maximum absolute atomic E-state index is 10.1. The largest absolute Gasteiger partial charge is 0.385 e. The minimum absolute atomic E-state index is 0.320. The molecule has 0 fully saturated rings. The van der Waals surface area contributed by atoms with Crippen molar-refractivity contribution in [2.24, 2.45) is 5.73 Å². The molecule has 0 saturated carbocycles. The molecule has 2 unspecified atom stereocenters. The molecular formula is C13H16N2OS. The smallest absolute Gasteiger partial charge is 0.112 e. The molecule has 0 aliphatic carbocycles. The third-order valence-electron chi connectivity index (χ3n) is 2.66. The van der Waals surface area contributed by atoms with E-state index in [0.717, 1.165) is 10.6 Å². The van der Waals surface area contributed by atoms with Crippen LogP contribution in [0.3, 0.4) is 0 Å². The topological polar surface area (TPSA) is 59.1 Å². The summed E-state index contributed by atoms with van der Waals surface area (Å²) in [5.41, 5.74) is 7.81. The van der Waals surface area contributed by atoms with Crippen molar-refractivity contribution in [3.63, 3.8) is 0 Å². The number of aliphatic hydroxyl groups is 1. The Hall–Kier alpha value is -1.23. The summed E-state index contributed by atoms with van der Waals surface area (Å²) in [7, 11) is 0. The predicted octanol–water partition coefficient (Wildman–Crippen LogP) is 2.05. The van der Waals surface area contributed by atoms with Crippen LogP contribution in [0.1, 0.15) is 22.4 Å². The monoisotopic (exact) mass is 248 g/mol. The zero-order valence-corrected chi connectivity index (χ0v) is 10.5. The number of hydrogen-bond acceptors (Lipinski definition) is 4. The van der Waals surface area contributed by atoms with Crippen molar-refractivity contribution < 1.29 is 5.11 Å². The third-order valence-corrected chi connectivity index (χ3v) is 3.45. The number of thiazole rings is 1. The van der Waals surface area contributed by atoms with Gasteiger partial charge < -0.3 is 10.8 Å². The summed E-state index contributed by atoms with van der Waals surface area (Å²) in [6.07, 6.45) is -0.0429. The average Bonchev–Trinajstić information content (AvgIpc) is 2.76. The number of aryl methyl sites for hydroxylation is 1. The van der Waals surface area contributed by atoms with Crippen LogP contribution in [-0.4, -0.2) is 16.1 Å². The minimum Gasteiger partial charge on any atom is -0.385 e. The van der Waals surface area contributed by atoms with Gasteiger partial charge in [-0.1, -0.05) is 30.3 Å². The van der Waals surface area contributed by atoms with Crippen molar-refractivity contribution in [2.45, 2.75) is 25.5 Å². The van der Waals surface area contributed by atoms with Crippen LogP contribution in [0.25, 0.3) is 0 Å². The standard InChI is InChI=1S/C13H16N2OS/c1-9-15-12(8-17-9)13(16)11(14)7-10-5-3-2-4-6-10/h2-6,8,11,13,16H,7,14H2,1H3. The van der Waals surface area contributed by atoms with Gasteiger partial charge in [0.2, 0.25) is 0 Å². The Balaban J connectivity index is 2.03. The van der Waals surface area contributed by atoms with Crippen LogP contribution >= 0.6 is 11.3 Å². The molecule has 2 atom stereocenters. The Labute approximate surface area is 105 Å². The molecule has 2 aromatic rings. The molecule has 17 heavy (non-hydrogen) atoms. The van der Waals surface area contributed by atoms with E-state index in [2.05, 4.69) is 4.98 Å². The molecule has 2 rings (SSSR count). The van der Waals surface area contributed by atoms with Crippen molar-refractivity contribution in [3.05, 3.63) is 52.0 Å². The molecule has 90 valence electrons. The van der Waals surface area contributed by atoms with Gasteiger partial charge >= 0.3 is 0 Å². The van der Waals surface area contributed by atoms with Crippen LogP contribution < -0.4 is 5.73 Å². The average molecular weight is 248 g/mol. The zero-order chi connectivity index (χ0) is 12.3. The first-order valence-electron chi connectivity index (χ1n) is 5.56. The highest BCUT2D eigenvalue weighted by atomic mass is 32.1. The van der Waals surface area contributed by atoms with Crippen LogP contribution in [0.4, 0.5) is 0 Å². The maximum atomic E-state index is 10.1. The molecule has 0 amide bonds. The highest BCUT2D eigenvalue weighted by molar-refractivity contribution is 7.09. The summed E-state index contributed by atoms with van der Waals surface area (Å²) in [5.74, 6) is 0. The molecule has 1 heterocycles. The highest BCUT2D eigenvalue weighted by Gasteiger charge is 2.19. The molecule has 1 aromatic carbocycles. The van der Waals surface area contributed by atoms with E-state index in [0.29, 0.717) is 12.1 Å². The van der Waals surface area contributed by atoms with Crippen LogP contribution in [0.15, 0.2) is 35.7 Å². The van der Waals surface area contributed by atoms with Crippen molar-refractivity contribution in [2.75, 3.05) is 0 Å². The second-order valence-electron chi connectivity index (χ2n) is 4.09. The van der Waals surface area contributed by atoms with E-state index in [1.165, 1.54) is 11.3 Å². The first-order valence-corrected chi connectivity index (χ1v) is 6.44. The van der Waals surface area contributed by atoms with Crippen molar-refractivity contribution in [1.82, 2.24) is 4.98 Å². The third kappa shape index (κ3) is 3.12. The fourth-order valence-corrected chi connectivity index (χ4v) is 2.37. The number of hydrogen-bond donors (Lipinski definition) is 2. The lowest BCUT2D eigenvalue weighted by Crippen LogP contribution is -2.30. The SMILES string of the molecule is Cc1nc(C(O)C(N)Cc2ccccc2)cs1. The van der Waals surface area contributed by atoms with Gasteiger partial charge in [0.05, 0.1) is 10.7 Å². The molecule has 3 nitrogen and oxygen atoms in total. The molecular weight excluding hydrogens is 232 g/mol. The first-order chi connectivity index (χ1) is 8.16. The molecule has 3 N–H and O–H groups in total. The highest BCUT2D eigenvalue weighted by Crippen LogP contribution is 2.20. The van der Waals surface area contributed by atoms with Crippen molar-refractivity contribution in [3.8, 4) is 0 Å². The van der Waals surface area contributed by atoms with Crippen LogP contribution in [0, 0.1) is 6.92 Å². The Kier molecular flexibility index (Phi) is 3.89. The molecule has 1 aromatic heterocycles. The molecule has 0 saturated heterocycles. The lowest BCUT2D eigenvalue weighted by molar-refractivity contribution is 0.142. The predicted molar refractivity (Wildman–Crippen MR) is 69.9 cm³/mol. The van der Waals surface area contributed by atoms with E-state index in [9.17, 15) is 5.11 Å². The Morgan fingerprint density at radius 1 is 1.35 bits per heavy atom. The molecule has 0 spiro atoms. The van der Waals surface area contributed by atoms with E-state index in [4.69, 9.17) is 5.73 Å². The number of benzene rings is 1. The van der Waals surface area contributed by atoms with E-state index < -0.39 is 6.10 Å². The molecule has 4 heteroatoms.